The van der Waals surface area contributed by atoms with Gasteiger partial charge >= 0.3 is 0 Å². The number of carbonyl (C=O) groups excluding carboxylic acids is 1. The van der Waals surface area contributed by atoms with E-state index in [-0.39, 0.29) is 12.0 Å². The first kappa shape index (κ1) is 21.6. The topological polar surface area (TPSA) is 78.7 Å². The smallest absolute Gasteiger partial charge is 0.290 e. The number of aromatic nitrogens is 2. The minimum absolute atomic E-state index is 0.250. The third kappa shape index (κ3) is 4.66. The number of amides is 1. The molecule has 1 aliphatic carbocycles. The third-order valence-electron chi connectivity index (χ3n) is 6.86. The summed E-state index contributed by atoms with van der Waals surface area (Å²) in [7, 11) is 0. The molecule has 1 aromatic heterocycles. The zero-order valence-corrected chi connectivity index (χ0v) is 18.0. The summed E-state index contributed by atoms with van der Waals surface area (Å²) in [5.41, 5.74) is 1.01. The summed E-state index contributed by atoms with van der Waals surface area (Å²) in [5.74, 6) is 1.50. The number of likely N-dealkylation sites (tertiary alicyclic amines) is 2. The molecule has 7 nitrogen and oxygen atoms in total. The Labute approximate surface area is 183 Å². The molecule has 3 aliphatic rings. The molecule has 5 rings (SSSR count). The average molecular weight is 425 g/mol. The number of carboxylic acid groups (broad SMARTS) is 1. The van der Waals surface area contributed by atoms with E-state index in [1.54, 1.807) is 0 Å². The van der Waals surface area contributed by atoms with E-state index in [2.05, 4.69) is 49.8 Å². The Hall–Kier alpha value is -2.67. The molecule has 3 fully saturated rings. The first-order valence-electron chi connectivity index (χ1n) is 11.4. The third-order valence-corrected chi connectivity index (χ3v) is 6.86. The number of piperidine rings is 1. The van der Waals surface area contributed by atoms with Gasteiger partial charge in [-0.05, 0) is 57.1 Å². The highest BCUT2D eigenvalue weighted by Gasteiger charge is 2.50. The summed E-state index contributed by atoms with van der Waals surface area (Å²) in [5, 5.41) is 6.89. The molecule has 1 unspecified atom stereocenters. The van der Waals surface area contributed by atoms with Gasteiger partial charge in [-0.15, -0.1) is 0 Å². The number of hydrogen-bond acceptors (Lipinski definition) is 4. The van der Waals surface area contributed by atoms with Gasteiger partial charge in [-0.25, -0.2) is 4.98 Å². The van der Waals surface area contributed by atoms with Crippen molar-refractivity contribution < 1.29 is 14.7 Å². The number of nitrogens with zero attached hydrogens (tertiary/aromatic N) is 4. The minimum Gasteiger partial charge on any atom is -0.483 e. The van der Waals surface area contributed by atoms with Gasteiger partial charge in [-0.3, -0.25) is 14.5 Å². The van der Waals surface area contributed by atoms with E-state index in [1.807, 2.05) is 12.3 Å². The standard InChI is InChI=1S/C23H30N4O.CH2O2/c28-22-23(11-4-14-25(22)16-10-19-6-2-1-3-7-19)12-5-15-26(23)18-21-24-13-17-27(21)20-8-9-20;2-1-3/h1-3,6-7,13,17,20H,4-5,8-12,14-16,18H2;1H,(H,2,3). The number of imidazole rings is 1. The van der Waals surface area contributed by atoms with Gasteiger partial charge in [0.2, 0.25) is 5.91 Å². The number of benzene rings is 1. The Kier molecular flexibility index (Phi) is 6.70. The van der Waals surface area contributed by atoms with Crippen molar-refractivity contribution >= 4 is 12.4 Å². The van der Waals surface area contributed by atoms with E-state index in [1.165, 1.54) is 18.4 Å². The Morgan fingerprint density at radius 2 is 1.84 bits per heavy atom. The van der Waals surface area contributed by atoms with E-state index in [0.29, 0.717) is 11.9 Å². The molecule has 3 heterocycles. The lowest BCUT2D eigenvalue weighted by Gasteiger charge is -2.44. The van der Waals surface area contributed by atoms with Gasteiger partial charge in [0.15, 0.2) is 0 Å². The first-order chi connectivity index (χ1) is 15.2. The van der Waals surface area contributed by atoms with E-state index in [0.717, 1.165) is 64.1 Å². The van der Waals surface area contributed by atoms with Crippen LogP contribution in [0.1, 0.15) is 56.0 Å². The highest BCUT2D eigenvalue weighted by Crippen LogP contribution is 2.40. The van der Waals surface area contributed by atoms with Gasteiger partial charge in [0.1, 0.15) is 11.4 Å². The first-order valence-corrected chi connectivity index (χ1v) is 11.4. The second-order valence-corrected chi connectivity index (χ2v) is 8.78. The van der Waals surface area contributed by atoms with Gasteiger partial charge < -0.3 is 14.6 Å². The van der Waals surface area contributed by atoms with Crippen molar-refractivity contribution in [3.8, 4) is 0 Å². The van der Waals surface area contributed by atoms with Gasteiger partial charge in [0.25, 0.3) is 6.47 Å². The fourth-order valence-corrected chi connectivity index (χ4v) is 5.20. The molecule has 1 saturated carbocycles. The largest absolute Gasteiger partial charge is 0.483 e. The summed E-state index contributed by atoms with van der Waals surface area (Å²) in [6, 6.07) is 11.2. The van der Waals surface area contributed by atoms with Crippen molar-refractivity contribution in [2.45, 2.75) is 63.1 Å². The lowest BCUT2D eigenvalue weighted by atomic mass is 9.85. The van der Waals surface area contributed by atoms with Crippen LogP contribution in [-0.2, 0) is 22.6 Å². The molecular formula is C24H32N4O3. The van der Waals surface area contributed by atoms with E-state index in [9.17, 15) is 4.79 Å². The summed E-state index contributed by atoms with van der Waals surface area (Å²) >= 11 is 0. The molecule has 2 saturated heterocycles. The van der Waals surface area contributed by atoms with Gasteiger partial charge in [-0.2, -0.15) is 0 Å². The van der Waals surface area contributed by atoms with Crippen LogP contribution < -0.4 is 0 Å². The normalized spacial score (nSPS) is 23.6. The molecule has 1 spiro atoms. The molecule has 0 radical (unpaired) electrons. The minimum atomic E-state index is -0.296. The maximum atomic E-state index is 13.6. The maximum absolute atomic E-state index is 13.6. The number of carbonyl (C=O) groups is 2. The zero-order chi connectivity index (χ0) is 21.7. The Morgan fingerprint density at radius 3 is 2.55 bits per heavy atom. The van der Waals surface area contributed by atoms with E-state index >= 15 is 0 Å². The Morgan fingerprint density at radius 1 is 1.13 bits per heavy atom. The second-order valence-electron chi connectivity index (χ2n) is 8.78. The van der Waals surface area contributed by atoms with E-state index in [4.69, 9.17) is 9.90 Å². The maximum Gasteiger partial charge on any atom is 0.290 e. The van der Waals surface area contributed by atoms with Crippen LogP contribution in [0.4, 0.5) is 0 Å². The zero-order valence-electron chi connectivity index (χ0n) is 18.0. The van der Waals surface area contributed by atoms with Crippen LogP contribution in [0.15, 0.2) is 42.7 Å². The molecule has 1 aromatic carbocycles. The van der Waals surface area contributed by atoms with Gasteiger partial charge in [-0.1, -0.05) is 30.3 Å². The predicted molar refractivity (Wildman–Crippen MR) is 118 cm³/mol. The van der Waals surface area contributed by atoms with Gasteiger partial charge in [0.05, 0.1) is 6.54 Å². The summed E-state index contributed by atoms with van der Waals surface area (Å²) in [6.45, 7) is 3.30. The van der Waals surface area contributed by atoms with Crippen LogP contribution in [0, 0.1) is 0 Å². The lowest BCUT2D eigenvalue weighted by Crippen LogP contribution is -2.60. The monoisotopic (exact) mass is 424 g/mol. The summed E-state index contributed by atoms with van der Waals surface area (Å²) in [6.07, 6.45) is 11.7. The molecule has 7 heteroatoms. The van der Waals surface area contributed by atoms with Crippen LogP contribution >= 0.6 is 0 Å². The van der Waals surface area contributed by atoms with Crippen molar-refractivity contribution in [3.05, 3.63) is 54.1 Å². The van der Waals surface area contributed by atoms with Crippen molar-refractivity contribution in [2.24, 2.45) is 0 Å². The fraction of sp³-hybridized carbons (Fsp3) is 0.542. The second kappa shape index (κ2) is 9.64. The number of rotatable bonds is 6. The predicted octanol–water partition coefficient (Wildman–Crippen LogP) is 3.12. The van der Waals surface area contributed by atoms with Crippen molar-refractivity contribution in [2.75, 3.05) is 19.6 Å². The summed E-state index contributed by atoms with van der Waals surface area (Å²) in [4.78, 5) is 31.2. The van der Waals surface area contributed by atoms with E-state index < -0.39 is 0 Å². The molecule has 2 aliphatic heterocycles. The summed E-state index contributed by atoms with van der Waals surface area (Å²) < 4.78 is 2.34. The molecule has 2 aromatic rings. The van der Waals surface area contributed by atoms with Crippen LogP contribution in [-0.4, -0.2) is 62.0 Å². The van der Waals surface area contributed by atoms with Crippen molar-refractivity contribution in [3.63, 3.8) is 0 Å². The van der Waals surface area contributed by atoms with Crippen molar-refractivity contribution in [1.82, 2.24) is 19.4 Å². The van der Waals surface area contributed by atoms with Crippen LogP contribution in [0.3, 0.4) is 0 Å². The highest BCUT2D eigenvalue weighted by atomic mass is 16.3. The average Bonchev–Trinajstić information content (AvgIpc) is 3.40. The van der Waals surface area contributed by atoms with Crippen LogP contribution in [0.25, 0.3) is 0 Å². The number of hydrogen-bond donors (Lipinski definition) is 1. The van der Waals surface area contributed by atoms with Crippen LogP contribution in [0.2, 0.25) is 0 Å². The molecule has 0 bridgehead atoms. The molecule has 1 atom stereocenters. The molecule has 31 heavy (non-hydrogen) atoms. The van der Waals surface area contributed by atoms with Gasteiger partial charge in [0, 0.05) is 31.5 Å². The highest BCUT2D eigenvalue weighted by molar-refractivity contribution is 5.87. The molecular weight excluding hydrogens is 392 g/mol. The Balaban J connectivity index is 0.000000730. The molecule has 1 amide bonds. The molecule has 1 N–H and O–H groups in total. The lowest BCUT2D eigenvalue weighted by molar-refractivity contribution is -0.147. The molecule has 166 valence electrons. The van der Waals surface area contributed by atoms with Crippen LogP contribution in [0.5, 0.6) is 0 Å². The SMILES string of the molecule is O=C1N(CCc2ccccc2)CCCC12CCCN2Cc1nccn1C1CC1.O=CO. The Bertz CT molecular complexity index is 880. The fourth-order valence-electron chi connectivity index (χ4n) is 5.20. The quantitative estimate of drug-likeness (QED) is 0.721. The van der Waals surface area contributed by atoms with Crippen molar-refractivity contribution in [1.29, 1.82) is 0 Å².